The van der Waals surface area contributed by atoms with Crippen molar-refractivity contribution in [2.24, 2.45) is 5.10 Å². The van der Waals surface area contributed by atoms with E-state index in [0.717, 1.165) is 17.3 Å². The predicted molar refractivity (Wildman–Crippen MR) is 116 cm³/mol. The minimum absolute atomic E-state index is 0.194. The first-order valence-corrected chi connectivity index (χ1v) is 9.99. The molecule has 29 heavy (non-hydrogen) atoms. The molecular weight excluding hydrogens is 438 g/mol. The van der Waals surface area contributed by atoms with E-state index in [2.05, 4.69) is 38.7 Å². The molecule has 0 radical (unpaired) electrons. The number of nitrogens with zero attached hydrogens (tertiary/aromatic N) is 1. The van der Waals surface area contributed by atoms with Crippen LogP contribution in [0.4, 0.5) is 0 Å². The molecule has 0 spiro atoms. The molecule has 0 aliphatic heterocycles. The third-order valence-electron chi connectivity index (χ3n) is 3.88. The molecule has 0 aliphatic rings. The molecule has 0 fully saturated rings. The van der Waals surface area contributed by atoms with Gasteiger partial charge in [0.15, 0.2) is 0 Å². The molecule has 2 aromatic carbocycles. The summed E-state index contributed by atoms with van der Waals surface area (Å²) < 4.78 is 11.7. The first-order valence-electron chi connectivity index (χ1n) is 9.20. The zero-order valence-corrected chi connectivity index (χ0v) is 18.0. The summed E-state index contributed by atoms with van der Waals surface area (Å²) in [7, 11) is 1.55. The Kier molecular flexibility index (Phi) is 9.17. The third-order valence-corrected chi connectivity index (χ3v) is 4.37. The van der Waals surface area contributed by atoms with Gasteiger partial charge in [0.2, 0.25) is 0 Å². The van der Waals surface area contributed by atoms with Crippen molar-refractivity contribution in [1.82, 2.24) is 10.7 Å². The van der Waals surface area contributed by atoms with Gasteiger partial charge in [0.05, 0.1) is 26.5 Å². The van der Waals surface area contributed by atoms with Gasteiger partial charge in [-0.25, -0.2) is 5.43 Å². The first kappa shape index (κ1) is 22.4. The molecule has 154 valence electrons. The highest BCUT2D eigenvalue weighted by molar-refractivity contribution is 9.10. The fourth-order valence-corrected chi connectivity index (χ4v) is 2.70. The highest BCUT2D eigenvalue weighted by Crippen LogP contribution is 2.21. The van der Waals surface area contributed by atoms with E-state index >= 15 is 0 Å². The molecule has 2 N–H and O–H groups in total. The Balaban J connectivity index is 1.80. The zero-order chi connectivity index (χ0) is 21.1. The number of hydrazone groups is 1. The molecule has 0 atom stereocenters. The van der Waals surface area contributed by atoms with Crippen molar-refractivity contribution >= 4 is 34.0 Å². The van der Waals surface area contributed by atoms with Crippen LogP contribution in [0, 0.1) is 0 Å². The minimum atomic E-state index is -0.442. The molecule has 0 saturated carbocycles. The first-order chi connectivity index (χ1) is 14.0. The molecule has 2 aromatic rings. The summed E-state index contributed by atoms with van der Waals surface area (Å²) in [5.74, 6) is 0.549. The lowest BCUT2D eigenvalue weighted by molar-refractivity contribution is -0.120. The number of benzene rings is 2. The van der Waals surface area contributed by atoms with E-state index < -0.39 is 5.91 Å². The van der Waals surface area contributed by atoms with E-state index in [9.17, 15) is 9.59 Å². The van der Waals surface area contributed by atoms with Crippen molar-refractivity contribution in [2.45, 2.75) is 19.8 Å². The van der Waals surface area contributed by atoms with Crippen molar-refractivity contribution < 1.29 is 19.1 Å². The second-order valence-electron chi connectivity index (χ2n) is 6.09. The van der Waals surface area contributed by atoms with Crippen LogP contribution in [0.5, 0.6) is 11.5 Å². The number of carbonyl (C=O) groups is 2. The average Bonchev–Trinajstić information content (AvgIpc) is 2.73. The summed E-state index contributed by atoms with van der Waals surface area (Å²) >= 11 is 3.37. The fourth-order valence-electron chi connectivity index (χ4n) is 2.32. The summed E-state index contributed by atoms with van der Waals surface area (Å²) in [6.07, 6.45) is 3.51. The van der Waals surface area contributed by atoms with Crippen LogP contribution in [0.3, 0.4) is 0 Å². The number of halogens is 1. The van der Waals surface area contributed by atoms with Crippen molar-refractivity contribution in [3.63, 3.8) is 0 Å². The van der Waals surface area contributed by atoms with E-state index in [4.69, 9.17) is 9.47 Å². The molecule has 0 heterocycles. The molecule has 2 rings (SSSR count). The van der Waals surface area contributed by atoms with Gasteiger partial charge in [-0.3, -0.25) is 9.59 Å². The Labute approximate surface area is 178 Å². The molecule has 8 heteroatoms. The number of hydrogen-bond donors (Lipinski definition) is 2. The summed E-state index contributed by atoms with van der Waals surface area (Å²) in [6, 6.07) is 12.2. The SMILES string of the molecule is CCCCOc1ccc(C(=O)NCC(=O)NN=Cc2cc(Br)ccc2OC)cc1. The second kappa shape index (κ2) is 11.9. The highest BCUT2D eigenvalue weighted by atomic mass is 79.9. The summed E-state index contributed by atoms with van der Waals surface area (Å²) in [4.78, 5) is 24.0. The number of methoxy groups -OCH3 is 1. The van der Waals surface area contributed by atoms with Crippen molar-refractivity contribution in [3.8, 4) is 11.5 Å². The minimum Gasteiger partial charge on any atom is -0.496 e. The molecule has 0 bridgehead atoms. The van der Waals surface area contributed by atoms with Crippen LogP contribution in [0.15, 0.2) is 52.0 Å². The zero-order valence-electron chi connectivity index (χ0n) is 16.4. The van der Waals surface area contributed by atoms with Gasteiger partial charge >= 0.3 is 0 Å². The average molecular weight is 462 g/mol. The van der Waals surface area contributed by atoms with Gasteiger partial charge in [-0.15, -0.1) is 0 Å². The van der Waals surface area contributed by atoms with Crippen LogP contribution in [0.25, 0.3) is 0 Å². The third kappa shape index (κ3) is 7.57. The maximum atomic E-state index is 12.1. The smallest absolute Gasteiger partial charge is 0.259 e. The van der Waals surface area contributed by atoms with Gasteiger partial charge in [0.25, 0.3) is 11.8 Å². The summed E-state index contributed by atoms with van der Waals surface area (Å²) in [5.41, 5.74) is 3.52. The lowest BCUT2D eigenvalue weighted by Gasteiger charge is -2.07. The van der Waals surface area contributed by atoms with Crippen LogP contribution in [-0.2, 0) is 4.79 Å². The van der Waals surface area contributed by atoms with Crippen LogP contribution in [0.2, 0.25) is 0 Å². The largest absolute Gasteiger partial charge is 0.496 e. The van der Waals surface area contributed by atoms with Crippen molar-refractivity contribution in [1.29, 1.82) is 0 Å². The van der Waals surface area contributed by atoms with E-state index in [-0.39, 0.29) is 12.5 Å². The molecule has 0 aliphatic carbocycles. The van der Waals surface area contributed by atoms with Crippen LogP contribution in [-0.4, -0.2) is 38.3 Å². The number of carbonyl (C=O) groups excluding carboxylic acids is 2. The van der Waals surface area contributed by atoms with E-state index in [0.29, 0.717) is 29.2 Å². The number of unbranched alkanes of at least 4 members (excludes halogenated alkanes) is 1. The summed E-state index contributed by atoms with van der Waals surface area (Å²) in [6.45, 7) is 2.55. The van der Waals surface area contributed by atoms with Gasteiger partial charge in [-0.2, -0.15) is 5.10 Å². The second-order valence-corrected chi connectivity index (χ2v) is 7.00. The van der Waals surface area contributed by atoms with E-state index in [1.54, 1.807) is 37.4 Å². The molecule has 2 amide bonds. The Morgan fingerprint density at radius 2 is 1.93 bits per heavy atom. The lowest BCUT2D eigenvalue weighted by atomic mass is 10.2. The van der Waals surface area contributed by atoms with Gasteiger partial charge in [-0.05, 0) is 48.9 Å². The lowest BCUT2D eigenvalue weighted by Crippen LogP contribution is -2.34. The van der Waals surface area contributed by atoms with Crippen LogP contribution < -0.4 is 20.2 Å². The topological polar surface area (TPSA) is 89.0 Å². The molecular formula is C21H24BrN3O4. The monoisotopic (exact) mass is 461 g/mol. The van der Waals surface area contributed by atoms with Crippen molar-refractivity contribution in [3.05, 3.63) is 58.1 Å². The number of nitrogens with one attached hydrogen (secondary N) is 2. The van der Waals surface area contributed by atoms with Gasteiger partial charge in [0, 0.05) is 15.6 Å². The molecule has 0 aromatic heterocycles. The number of ether oxygens (including phenoxy) is 2. The maximum absolute atomic E-state index is 12.1. The number of hydrogen-bond acceptors (Lipinski definition) is 5. The highest BCUT2D eigenvalue weighted by Gasteiger charge is 2.08. The fraction of sp³-hybridized carbons (Fsp3) is 0.286. The van der Waals surface area contributed by atoms with Crippen molar-refractivity contribution in [2.75, 3.05) is 20.3 Å². The maximum Gasteiger partial charge on any atom is 0.259 e. The Morgan fingerprint density at radius 1 is 1.17 bits per heavy atom. The van der Waals surface area contributed by atoms with Crippen LogP contribution >= 0.6 is 15.9 Å². The molecule has 7 nitrogen and oxygen atoms in total. The van der Waals surface area contributed by atoms with E-state index in [1.807, 2.05) is 12.1 Å². The Morgan fingerprint density at radius 3 is 2.62 bits per heavy atom. The Hall–Kier alpha value is -2.87. The summed E-state index contributed by atoms with van der Waals surface area (Å²) in [5, 5.41) is 6.45. The van der Waals surface area contributed by atoms with Gasteiger partial charge in [0.1, 0.15) is 11.5 Å². The van der Waals surface area contributed by atoms with E-state index in [1.165, 1.54) is 6.21 Å². The molecule has 0 unspecified atom stereocenters. The number of rotatable bonds is 10. The molecule has 0 saturated heterocycles. The standard InChI is InChI=1S/C21H24BrN3O4/c1-3-4-11-29-18-8-5-15(6-9-18)21(27)23-14-20(26)25-24-13-16-12-17(22)7-10-19(16)28-2/h5-10,12-13H,3-4,11,14H2,1-2H3,(H,23,27)(H,25,26). The Bertz CT molecular complexity index is 854. The van der Waals surface area contributed by atoms with Gasteiger partial charge < -0.3 is 14.8 Å². The predicted octanol–water partition coefficient (Wildman–Crippen LogP) is 3.52. The van der Waals surface area contributed by atoms with Gasteiger partial charge in [-0.1, -0.05) is 29.3 Å². The van der Waals surface area contributed by atoms with Crippen LogP contribution in [0.1, 0.15) is 35.7 Å². The normalized spacial score (nSPS) is 10.6. The number of amides is 2. The quantitative estimate of drug-likeness (QED) is 0.321.